The molecule has 0 saturated carbocycles. The van der Waals surface area contributed by atoms with Crippen molar-refractivity contribution >= 4 is 31.9 Å². The van der Waals surface area contributed by atoms with Crippen LogP contribution in [0.1, 0.15) is 40.8 Å². The zero-order valence-electron chi connectivity index (χ0n) is 22.0. The highest BCUT2D eigenvalue weighted by atomic mass is 32.2. The number of benzene rings is 2. The highest BCUT2D eigenvalue weighted by Crippen LogP contribution is 2.38. The molecule has 0 radical (unpaired) electrons. The maximum atomic E-state index is 12.7. The van der Waals surface area contributed by atoms with Gasteiger partial charge in [-0.2, -0.15) is 10.2 Å². The molecule has 3 heterocycles. The van der Waals surface area contributed by atoms with Gasteiger partial charge in [0, 0.05) is 31.1 Å². The molecule has 0 bridgehead atoms. The zero-order chi connectivity index (χ0) is 28.7. The van der Waals surface area contributed by atoms with Crippen LogP contribution in [-0.2, 0) is 26.4 Å². The fourth-order valence-corrected chi connectivity index (χ4v) is 6.61. The van der Waals surface area contributed by atoms with Crippen molar-refractivity contribution in [3.05, 3.63) is 69.8 Å². The summed E-state index contributed by atoms with van der Waals surface area (Å²) in [5, 5.41) is 18.9. The molecule has 11 nitrogen and oxygen atoms in total. The molecule has 1 saturated heterocycles. The Labute approximate surface area is 233 Å². The lowest BCUT2D eigenvalue weighted by Gasteiger charge is -2.32. The monoisotopic (exact) mass is 580 g/mol. The molecule has 0 spiro atoms. The van der Waals surface area contributed by atoms with E-state index in [0.717, 1.165) is 36.9 Å². The van der Waals surface area contributed by atoms with Gasteiger partial charge in [-0.1, -0.05) is 12.1 Å². The van der Waals surface area contributed by atoms with Crippen LogP contribution in [0.15, 0.2) is 51.6 Å². The number of sulfonamides is 1. The van der Waals surface area contributed by atoms with E-state index in [9.17, 15) is 22.1 Å². The minimum Gasteiger partial charge on any atom is -0.437 e. The number of fused-ring (bicyclic) bond motifs is 1. The fraction of sp³-hybridized carbons (Fsp3) is 0.296. The molecule has 0 atom stereocenters. The van der Waals surface area contributed by atoms with Crippen LogP contribution in [-0.4, -0.2) is 50.8 Å². The Morgan fingerprint density at radius 3 is 2.38 bits per heavy atom. The van der Waals surface area contributed by atoms with Crippen LogP contribution >= 0.6 is 0 Å². The van der Waals surface area contributed by atoms with Crippen LogP contribution in [0.4, 0.5) is 5.95 Å². The highest BCUT2D eigenvalue weighted by molar-refractivity contribution is 7.95. The number of hydrogen-bond acceptors (Lipinski definition) is 10. The quantitative estimate of drug-likeness (QED) is 0.423. The number of aryl methyl sites for hydroxylation is 2. The molecule has 1 aromatic heterocycles. The predicted molar refractivity (Wildman–Crippen MR) is 149 cm³/mol. The van der Waals surface area contributed by atoms with E-state index in [0.29, 0.717) is 29.0 Å². The van der Waals surface area contributed by atoms with Gasteiger partial charge in [-0.15, -0.1) is 0 Å². The minimum absolute atomic E-state index is 0.0613. The number of rotatable bonds is 7. The van der Waals surface area contributed by atoms with Crippen LogP contribution in [0.25, 0.3) is 6.08 Å². The molecule has 3 aromatic rings. The van der Waals surface area contributed by atoms with Crippen molar-refractivity contribution in [1.29, 1.82) is 5.26 Å². The summed E-state index contributed by atoms with van der Waals surface area (Å²) in [6.07, 6.45) is 3.04. The Kier molecular flexibility index (Phi) is 7.36. The van der Waals surface area contributed by atoms with Crippen molar-refractivity contribution in [3.8, 4) is 17.7 Å². The highest BCUT2D eigenvalue weighted by Gasteiger charge is 2.31. The third-order valence-corrected chi connectivity index (χ3v) is 9.29. The van der Waals surface area contributed by atoms with Gasteiger partial charge in [0.2, 0.25) is 31.7 Å². The molecular weight excluding hydrogens is 552 g/mol. The molecule has 2 aromatic carbocycles. The molecule has 208 valence electrons. The second-order valence-corrected chi connectivity index (χ2v) is 13.3. The number of likely N-dealkylation sites (tertiary alicyclic amines) is 1. The number of sulfone groups is 1. The summed E-state index contributed by atoms with van der Waals surface area (Å²) < 4.78 is 54.5. The molecule has 13 heteroatoms. The van der Waals surface area contributed by atoms with Crippen molar-refractivity contribution in [2.45, 2.75) is 49.1 Å². The molecule has 0 amide bonds. The van der Waals surface area contributed by atoms with Crippen molar-refractivity contribution < 1.29 is 21.6 Å². The Balaban J connectivity index is 1.30. The Morgan fingerprint density at radius 2 is 1.77 bits per heavy atom. The van der Waals surface area contributed by atoms with Crippen LogP contribution in [0.5, 0.6) is 11.6 Å². The number of nitrogens with two attached hydrogens (primary N) is 1. The summed E-state index contributed by atoms with van der Waals surface area (Å²) in [7, 11) is -7.47. The standard InChI is InChI=1S/C27H28N6O5S2/c1-17-13-20(15-28)14-18(2)24(17)38-26-25-23(9-12-39(25,34)35)31-27(32-26)30-21-7-10-33(11-8-21)16-19-3-5-22(6-4-19)40(29,36)37/h3-6,9,12-14,21H,7-8,10-11,16H2,1-2H3,(H2,29,36,37)(H,30,31,32). The fourth-order valence-electron chi connectivity index (χ4n) is 4.92. The Hall–Kier alpha value is -3.83. The average molecular weight is 581 g/mol. The lowest BCUT2D eigenvalue weighted by molar-refractivity contribution is 0.211. The normalized spacial score (nSPS) is 16.9. The lowest BCUT2D eigenvalue weighted by atomic mass is 10.0. The van der Waals surface area contributed by atoms with Crippen molar-refractivity contribution in [3.63, 3.8) is 0 Å². The van der Waals surface area contributed by atoms with Gasteiger partial charge in [-0.05, 0) is 73.7 Å². The van der Waals surface area contributed by atoms with Gasteiger partial charge in [0.15, 0.2) is 4.90 Å². The second kappa shape index (κ2) is 10.6. The summed E-state index contributed by atoms with van der Waals surface area (Å²) in [5.74, 6) is 0.656. The summed E-state index contributed by atoms with van der Waals surface area (Å²) >= 11 is 0. The summed E-state index contributed by atoms with van der Waals surface area (Å²) in [5.41, 5.74) is 3.11. The maximum Gasteiger partial charge on any atom is 0.244 e. The topological polar surface area (TPSA) is 168 Å². The molecule has 0 aliphatic carbocycles. The van der Waals surface area contributed by atoms with E-state index in [1.165, 1.54) is 18.2 Å². The first-order chi connectivity index (χ1) is 18.9. The molecule has 0 unspecified atom stereocenters. The van der Waals surface area contributed by atoms with Crippen molar-refractivity contribution in [2.24, 2.45) is 5.14 Å². The van der Waals surface area contributed by atoms with Gasteiger partial charge in [0.25, 0.3) is 0 Å². The van der Waals surface area contributed by atoms with Gasteiger partial charge < -0.3 is 10.1 Å². The van der Waals surface area contributed by atoms with Crippen molar-refractivity contribution in [2.75, 3.05) is 18.4 Å². The lowest BCUT2D eigenvalue weighted by Crippen LogP contribution is -2.39. The smallest absolute Gasteiger partial charge is 0.244 e. The molecule has 2 aliphatic heterocycles. The first kappa shape index (κ1) is 27.7. The van der Waals surface area contributed by atoms with Gasteiger partial charge in [0.1, 0.15) is 5.75 Å². The van der Waals surface area contributed by atoms with Crippen LogP contribution < -0.4 is 15.2 Å². The number of nitriles is 1. The third-order valence-electron chi connectivity index (χ3n) is 6.92. The van der Waals surface area contributed by atoms with Gasteiger partial charge in [-0.3, -0.25) is 4.90 Å². The number of primary sulfonamides is 1. The van der Waals surface area contributed by atoms with E-state index in [-0.39, 0.29) is 33.4 Å². The largest absolute Gasteiger partial charge is 0.437 e. The van der Waals surface area contributed by atoms with E-state index in [4.69, 9.17) is 9.88 Å². The van der Waals surface area contributed by atoms with Crippen molar-refractivity contribution in [1.82, 2.24) is 14.9 Å². The Morgan fingerprint density at radius 1 is 1.12 bits per heavy atom. The molecule has 1 fully saturated rings. The third kappa shape index (κ3) is 5.85. The SMILES string of the molecule is Cc1cc(C#N)cc(C)c1Oc1nc(NC2CCN(Cc3ccc(S(N)(=O)=O)cc3)CC2)nc2c1S(=O)(=O)C=C2. The second-order valence-electron chi connectivity index (χ2n) is 9.95. The maximum absolute atomic E-state index is 12.7. The van der Waals surface area contributed by atoms with E-state index in [2.05, 4.69) is 26.3 Å². The summed E-state index contributed by atoms with van der Waals surface area (Å²) in [6, 6.07) is 12.1. The first-order valence-corrected chi connectivity index (χ1v) is 15.7. The molecule has 40 heavy (non-hydrogen) atoms. The van der Waals surface area contributed by atoms with Crippen LogP contribution in [0.3, 0.4) is 0 Å². The first-order valence-electron chi connectivity index (χ1n) is 12.6. The van der Waals surface area contributed by atoms with Gasteiger partial charge >= 0.3 is 0 Å². The Bertz CT molecular complexity index is 1730. The summed E-state index contributed by atoms with van der Waals surface area (Å²) in [4.78, 5) is 11.2. The number of nitrogens with zero attached hydrogens (tertiary/aromatic N) is 4. The van der Waals surface area contributed by atoms with E-state index in [1.807, 2.05) is 0 Å². The number of hydrogen-bond donors (Lipinski definition) is 2. The number of piperidine rings is 1. The van der Waals surface area contributed by atoms with Gasteiger partial charge in [0.05, 0.1) is 22.2 Å². The van der Waals surface area contributed by atoms with Crippen LogP contribution in [0, 0.1) is 25.2 Å². The zero-order valence-corrected chi connectivity index (χ0v) is 23.6. The number of aromatic nitrogens is 2. The number of ether oxygens (including phenoxy) is 1. The molecule has 5 rings (SSSR count). The number of anilines is 1. The minimum atomic E-state index is -3.75. The summed E-state index contributed by atoms with van der Waals surface area (Å²) in [6.45, 7) is 5.84. The van der Waals surface area contributed by atoms with Crippen LogP contribution in [0.2, 0.25) is 0 Å². The van der Waals surface area contributed by atoms with E-state index >= 15 is 0 Å². The molecule has 3 N–H and O–H groups in total. The predicted octanol–water partition coefficient (Wildman–Crippen LogP) is 3.24. The molecule has 2 aliphatic rings. The van der Waals surface area contributed by atoms with E-state index in [1.54, 1.807) is 38.1 Å². The van der Waals surface area contributed by atoms with Gasteiger partial charge in [-0.25, -0.2) is 27.0 Å². The molecular formula is C27H28N6O5S2. The number of nitrogens with one attached hydrogen (secondary N) is 1. The van der Waals surface area contributed by atoms with E-state index < -0.39 is 19.9 Å². The average Bonchev–Trinajstić information content (AvgIpc) is 3.21.